The van der Waals surface area contributed by atoms with Gasteiger partial charge in [0, 0.05) is 0 Å². The van der Waals surface area contributed by atoms with E-state index in [0.717, 1.165) is 0 Å². The van der Waals surface area contributed by atoms with Crippen LogP contribution in [0.15, 0.2) is 0 Å². The van der Waals surface area contributed by atoms with E-state index < -0.39 is 0 Å². The molecule has 40 valence electrons. The van der Waals surface area contributed by atoms with Crippen molar-refractivity contribution in [3.8, 4) is 0 Å². The van der Waals surface area contributed by atoms with Crippen molar-refractivity contribution >= 4 is 0 Å². The molecular weight excluding hydrogens is 100 g/mol. The zero-order chi connectivity index (χ0) is 4.69. The van der Waals surface area contributed by atoms with E-state index in [1.165, 1.54) is 0 Å². The number of rotatable bonds is 0. The monoisotopic (exact) mass is 104 g/mol. The molecule has 2 fully saturated rings. The van der Waals surface area contributed by atoms with Crippen LogP contribution in [-0.4, -0.2) is 19.0 Å². The van der Waals surface area contributed by atoms with Gasteiger partial charge in [0.25, 0.3) is 0 Å². The highest BCUT2D eigenvalue weighted by atomic mass is 17.5. The van der Waals surface area contributed by atoms with Gasteiger partial charge in [0.05, 0.1) is 0 Å². The summed E-state index contributed by atoms with van der Waals surface area (Å²) < 4.78 is 4.81. The van der Waals surface area contributed by atoms with Gasteiger partial charge in [0.15, 0.2) is 0 Å². The van der Waals surface area contributed by atoms with Crippen LogP contribution in [0, 0.1) is 0 Å². The third-order valence-corrected chi connectivity index (χ3v) is 0.950. The third kappa shape index (κ3) is 0.522. The van der Waals surface area contributed by atoms with Crippen molar-refractivity contribution < 1.29 is 19.6 Å². The van der Waals surface area contributed by atoms with Crippen LogP contribution in [0.5, 0.6) is 0 Å². The van der Waals surface area contributed by atoms with Gasteiger partial charge in [-0.3, -0.25) is 0 Å². The van der Waals surface area contributed by atoms with Crippen molar-refractivity contribution in [2.45, 2.75) is 12.4 Å². The minimum atomic E-state index is -0.145. The Labute approximate surface area is 39.8 Å². The molecule has 2 aliphatic rings. The Balaban J connectivity index is 1.95. The van der Waals surface area contributed by atoms with Gasteiger partial charge in [-0.2, -0.15) is 4.89 Å². The summed E-state index contributed by atoms with van der Waals surface area (Å²) in [4.78, 5) is 8.78. The summed E-state index contributed by atoms with van der Waals surface area (Å²) in [6.07, 6.45) is -0.0116. The maximum Gasteiger partial charge on any atom is 0.223 e. The molecule has 0 radical (unpaired) electrons. The molecule has 0 aromatic heterocycles. The predicted molar refractivity (Wildman–Crippen MR) is 16.8 cm³/mol. The number of epoxide rings is 1. The average molecular weight is 104 g/mol. The summed E-state index contributed by atoms with van der Waals surface area (Å²) in [5.41, 5.74) is 0. The summed E-state index contributed by atoms with van der Waals surface area (Å²) in [7, 11) is 0. The fraction of sp³-hybridized carbons (Fsp3) is 1.00. The molecule has 2 heterocycles. The summed E-state index contributed by atoms with van der Waals surface area (Å²) >= 11 is 0. The molecule has 2 atom stereocenters. The van der Waals surface area contributed by atoms with Gasteiger partial charge in [-0.1, -0.05) is 5.04 Å². The summed E-state index contributed by atoms with van der Waals surface area (Å²) in [5.74, 6) is 0. The zero-order valence-electron chi connectivity index (χ0n) is 3.49. The third-order valence-electron chi connectivity index (χ3n) is 0.950. The van der Waals surface area contributed by atoms with Gasteiger partial charge < -0.3 is 4.74 Å². The standard InChI is InChI=1S/C3H4O4/c1-2-3(5-2)6-7-4-1/h2-3H,1H2. The molecule has 2 unspecified atom stereocenters. The SMILES string of the molecule is C1OOOC2OC12. The Morgan fingerprint density at radius 2 is 2.43 bits per heavy atom. The molecule has 0 bridgehead atoms. The topological polar surface area (TPSA) is 40.2 Å². The highest BCUT2D eigenvalue weighted by Gasteiger charge is 2.45. The van der Waals surface area contributed by atoms with Gasteiger partial charge >= 0.3 is 0 Å². The number of hydrogen-bond donors (Lipinski definition) is 0. The van der Waals surface area contributed by atoms with E-state index in [9.17, 15) is 0 Å². The van der Waals surface area contributed by atoms with Gasteiger partial charge in [-0.25, -0.2) is 4.89 Å². The lowest BCUT2D eigenvalue weighted by Crippen LogP contribution is -2.14. The van der Waals surface area contributed by atoms with Crippen molar-refractivity contribution in [3.05, 3.63) is 0 Å². The van der Waals surface area contributed by atoms with Crippen LogP contribution in [0.25, 0.3) is 0 Å². The minimum absolute atomic E-state index is 0.133. The molecule has 2 saturated heterocycles. The molecule has 4 nitrogen and oxygen atoms in total. The lowest BCUT2D eigenvalue weighted by molar-refractivity contribution is -0.534. The normalized spacial score (nSPS) is 48.0. The molecule has 0 aromatic rings. The predicted octanol–water partition coefficient (Wildman–Crippen LogP) is -0.395. The molecule has 0 spiro atoms. The van der Waals surface area contributed by atoms with Crippen LogP contribution >= 0.6 is 0 Å². The van der Waals surface area contributed by atoms with Gasteiger partial charge in [-0.15, -0.1) is 0 Å². The lowest BCUT2D eigenvalue weighted by Gasteiger charge is -2.01. The second-order valence-electron chi connectivity index (χ2n) is 1.49. The Morgan fingerprint density at radius 3 is 3.00 bits per heavy atom. The van der Waals surface area contributed by atoms with Crippen LogP contribution < -0.4 is 0 Å². The maximum atomic E-state index is 4.81. The Hall–Kier alpha value is -0.160. The number of hydrogen-bond acceptors (Lipinski definition) is 4. The van der Waals surface area contributed by atoms with E-state index >= 15 is 0 Å². The van der Waals surface area contributed by atoms with Crippen LogP contribution in [0.3, 0.4) is 0 Å². The first-order chi connectivity index (χ1) is 3.47. The van der Waals surface area contributed by atoms with E-state index in [-0.39, 0.29) is 12.4 Å². The highest BCUT2D eigenvalue weighted by Crippen LogP contribution is 2.26. The van der Waals surface area contributed by atoms with Crippen molar-refractivity contribution in [2.75, 3.05) is 6.61 Å². The van der Waals surface area contributed by atoms with Crippen molar-refractivity contribution in [3.63, 3.8) is 0 Å². The molecule has 2 aliphatic heterocycles. The van der Waals surface area contributed by atoms with E-state index in [1.54, 1.807) is 0 Å². The minimum Gasteiger partial charge on any atom is -0.336 e. The Morgan fingerprint density at radius 1 is 1.43 bits per heavy atom. The maximum absolute atomic E-state index is 4.81. The zero-order valence-corrected chi connectivity index (χ0v) is 3.49. The molecule has 7 heavy (non-hydrogen) atoms. The fourth-order valence-corrected chi connectivity index (χ4v) is 0.491. The Kier molecular flexibility index (Phi) is 0.631. The smallest absolute Gasteiger partial charge is 0.223 e. The van der Waals surface area contributed by atoms with Gasteiger partial charge in [0.1, 0.15) is 12.7 Å². The summed E-state index contributed by atoms with van der Waals surface area (Å²) in [6, 6.07) is 0. The number of fused-ring (bicyclic) bond motifs is 1. The summed E-state index contributed by atoms with van der Waals surface area (Å²) in [6.45, 7) is 0.491. The first kappa shape index (κ1) is 3.80. The van der Waals surface area contributed by atoms with Crippen molar-refractivity contribution in [1.82, 2.24) is 0 Å². The highest BCUT2D eigenvalue weighted by molar-refractivity contribution is 4.75. The molecule has 0 saturated carbocycles. The van der Waals surface area contributed by atoms with Crippen LogP contribution in [0.4, 0.5) is 0 Å². The second kappa shape index (κ2) is 1.16. The number of ether oxygens (including phenoxy) is 1. The van der Waals surface area contributed by atoms with Crippen LogP contribution in [0.2, 0.25) is 0 Å². The van der Waals surface area contributed by atoms with E-state index in [0.29, 0.717) is 6.61 Å². The second-order valence-corrected chi connectivity index (χ2v) is 1.49. The molecular formula is C3H4O4. The van der Waals surface area contributed by atoms with E-state index in [1.807, 2.05) is 0 Å². The molecule has 0 amide bonds. The fourth-order valence-electron chi connectivity index (χ4n) is 0.491. The summed E-state index contributed by atoms with van der Waals surface area (Å²) in [5, 5.41) is 4.10. The average Bonchev–Trinajstić information content (AvgIpc) is 2.41. The molecule has 0 aromatic carbocycles. The van der Waals surface area contributed by atoms with E-state index in [4.69, 9.17) is 4.74 Å². The molecule has 2 rings (SSSR count). The van der Waals surface area contributed by atoms with Crippen LogP contribution in [-0.2, 0) is 19.6 Å². The first-order valence-corrected chi connectivity index (χ1v) is 2.07. The first-order valence-electron chi connectivity index (χ1n) is 2.07. The van der Waals surface area contributed by atoms with Crippen molar-refractivity contribution in [2.24, 2.45) is 0 Å². The van der Waals surface area contributed by atoms with Crippen molar-refractivity contribution in [1.29, 1.82) is 0 Å². The lowest BCUT2D eigenvalue weighted by atomic mass is 10.5. The quantitative estimate of drug-likeness (QED) is 0.310. The largest absolute Gasteiger partial charge is 0.336 e. The van der Waals surface area contributed by atoms with E-state index in [2.05, 4.69) is 14.8 Å². The molecule has 4 heteroatoms. The molecule has 0 aliphatic carbocycles. The van der Waals surface area contributed by atoms with Gasteiger partial charge in [0.2, 0.25) is 6.29 Å². The Bertz CT molecular complexity index is 73.0. The van der Waals surface area contributed by atoms with Crippen LogP contribution in [0.1, 0.15) is 0 Å². The molecule has 0 N–H and O–H groups in total. The van der Waals surface area contributed by atoms with Gasteiger partial charge in [-0.05, 0) is 0 Å².